The minimum absolute atomic E-state index is 0.0818. The van der Waals surface area contributed by atoms with Gasteiger partial charge in [-0.1, -0.05) is 0 Å². The van der Waals surface area contributed by atoms with Crippen molar-refractivity contribution in [3.63, 3.8) is 0 Å². The van der Waals surface area contributed by atoms with Crippen LogP contribution in [0.3, 0.4) is 0 Å². The standard InChI is InChI=1S/C25H26N4O3/c1-31-15-13-29-20-4-2-10-26-23(20)28-11-3-5-22(28)25(29)9-12-27(17-25)24(30)19-6-7-21-18(16-19)8-14-32-21/h2-7,10-11,16H,8-9,12-15,17H2,1H3/t25-/m1/s1. The number of fused-ring (bicyclic) bond motifs is 5. The lowest BCUT2D eigenvalue weighted by Gasteiger charge is -2.47. The van der Waals surface area contributed by atoms with Gasteiger partial charge in [0.15, 0.2) is 5.82 Å². The van der Waals surface area contributed by atoms with Crippen molar-refractivity contribution in [3.8, 4) is 11.6 Å². The van der Waals surface area contributed by atoms with Crippen LogP contribution in [0, 0.1) is 0 Å². The second kappa shape index (κ2) is 7.38. The molecular weight excluding hydrogens is 404 g/mol. The summed E-state index contributed by atoms with van der Waals surface area (Å²) < 4.78 is 13.2. The van der Waals surface area contributed by atoms with E-state index in [4.69, 9.17) is 9.47 Å². The summed E-state index contributed by atoms with van der Waals surface area (Å²) in [6, 6.07) is 14.2. The fourth-order valence-electron chi connectivity index (χ4n) is 5.51. The molecule has 5 heterocycles. The SMILES string of the molecule is COCCN1c2cccnc2-n2cccc2[C@]12CCN(C(=O)c1ccc3c(c1)CCO3)C2. The first kappa shape index (κ1) is 19.4. The van der Waals surface area contributed by atoms with Crippen LogP contribution in [0.2, 0.25) is 0 Å². The van der Waals surface area contributed by atoms with E-state index in [1.807, 2.05) is 35.4 Å². The predicted octanol–water partition coefficient (Wildman–Crippen LogP) is 3.02. The van der Waals surface area contributed by atoms with E-state index in [1.165, 1.54) is 5.69 Å². The molecular formula is C25H26N4O3. The Hall–Kier alpha value is -3.32. The van der Waals surface area contributed by atoms with Crippen LogP contribution in [-0.4, -0.2) is 60.3 Å². The van der Waals surface area contributed by atoms with Gasteiger partial charge in [-0.15, -0.1) is 0 Å². The van der Waals surface area contributed by atoms with Crippen LogP contribution in [0.5, 0.6) is 5.75 Å². The van der Waals surface area contributed by atoms with Gasteiger partial charge in [-0.3, -0.25) is 4.79 Å². The van der Waals surface area contributed by atoms with Gasteiger partial charge in [-0.05, 0) is 54.4 Å². The van der Waals surface area contributed by atoms with Crippen molar-refractivity contribution in [1.29, 1.82) is 0 Å². The van der Waals surface area contributed by atoms with Gasteiger partial charge in [-0.2, -0.15) is 0 Å². The van der Waals surface area contributed by atoms with E-state index in [9.17, 15) is 4.79 Å². The molecule has 2 aromatic heterocycles. The minimum Gasteiger partial charge on any atom is -0.493 e. The number of carbonyl (C=O) groups excluding carboxylic acids is 1. The Labute approximate surface area is 187 Å². The third-order valence-corrected chi connectivity index (χ3v) is 7.02. The van der Waals surface area contributed by atoms with Gasteiger partial charge in [0.25, 0.3) is 5.91 Å². The van der Waals surface area contributed by atoms with Crippen molar-refractivity contribution >= 4 is 11.6 Å². The monoisotopic (exact) mass is 430 g/mol. The molecule has 3 aromatic rings. The summed E-state index contributed by atoms with van der Waals surface area (Å²) in [4.78, 5) is 22.6. The summed E-state index contributed by atoms with van der Waals surface area (Å²) in [7, 11) is 1.73. The summed E-state index contributed by atoms with van der Waals surface area (Å²) in [6.07, 6.45) is 5.62. The molecule has 32 heavy (non-hydrogen) atoms. The van der Waals surface area contributed by atoms with E-state index in [-0.39, 0.29) is 11.4 Å². The van der Waals surface area contributed by atoms with Crippen molar-refractivity contribution in [3.05, 3.63) is 71.7 Å². The van der Waals surface area contributed by atoms with Gasteiger partial charge in [0.05, 0.1) is 24.6 Å². The average molecular weight is 431 g/mol. The van der Waals surface area contributed by atoms with Crippen molar-refractivity contribution in [1.82, 2.24) is 14.5 Å². The summed E-state index contributed by atoms with van der Waals surface area (Å²) in [6.45, 7) is 3.37. The van der Waals surface area contributed by atoms with Gasteiger partial charge in [0, 0.05) is 51.1 Å². The van der Waals surface area contributed by atoms with Crippen LogP contribution in [0.15, 0.2) is 54.9 Å². The molecule has 7 nitrogen and oxygen atoms in total. The molecule has 3 aliphatic heterocycles. The molecule has 1 saturated heterocycles. The van der Waals surface area contributed by atoms with Gasteiger partial charge in [0.1, 0.15) is 11.3 Å². The number of rotatable bonds is 4. The normalized spacial score (nSPS) is 20.8. The Morgan fingerprint density at radius 1 is 1.25 bits per heavy atom. The molecule has 0 saturated carbocycles. The molecule has 1 atom stereocenters. The molecule has 1 fully saturated rings. The Morgan fingerprint density at radius 2 is 2.19 bits per heavy atom. The zero-order chi connectivity index (χ0) is 21.7. The maximum Gasteiger partial charge on any atom is 0.253 e. The third-order valence-electron chi connectivity index (χ3n) is 7.02. The topological polar surface area (TPSA) is 59.8 Å². The van der Waals surface area contributed by atoms with Crippen LogP contribution >= 0.6 is 0 Å². The maximum absolute atomic E-state index is 13.5. The molecule has 0 N–H and O–H groups in total. The lowest BCUT2D eigenvalue weighted by molar-refractivity contribution is 0.0781. The van der Waals surface area contributed by atoms with Crippen LogP contribution < -0.4 is 9.64 Å². The molecule has 1 amide bonds. The molecule has 0 unspecified atom stereocenters. The van der Waals surface area contributed by atoms with Crippen molar-refractivity contribution in [2.75, 3.05) is 44.9 Å². The van der Waals surface area contributed by atoms with E-state index in [0.29, 0.717) is 26.3 Å². The first-order valence-corrected chi connectivity index (χ1v) is 11.2. The molecule has 6 rings (SSSR count). The fourth-order valence-corrected chi connectivity index (χ4v) is 5.51. The highest BCUT2D eigenvalue weighted by Gasteiger charge is 2.50. The number of hydrogen-bond donors (Lipinski definition) is 0. The van der Waals surface area contributed by atoms with Crippen molar-refractivity contribution < 1.29 is 14.3 Å². The molecule has 164 valence electrons. The van der Waals surface area contributed by atoms with E-state index < -0.39 is 0 Å². The number of likely N-dealkylation sites (tertiary alicyclic amines) is 1. The first-order chi connectivity index (χ1) is 15.7. The highest BCUT2D eigenvalue weighted by molar-refractivity contribution is 5.95. The molecule has 1 spiro atoms. The summed E-state index contributed by atoms with van der Waals surface area (Å²) >= 11 is 0. The number of methoxy groups -OCH3 is 1. The van der Waals surface area contributed by atoms with Gasteiger partial charge in [-0.25, -0.2) is 4.98 Å². The predicted molar refractivity (Wildman–Crippen MR) is 121 cm³/mol. The largest absolute Gasteiger partial charge is 0.493 e. The Kier molecular flexibility index (Phi) is 4.47. The zero-order valence-corrected chi connectivity index (χ0v) is 18.2. The lowest BCUT2D eigenvalue weighted by atomic mass is 9.89. The summed E-state index contributed by atoms with van der Waals surface area (Å²) in [5.74, 6) is 1.91. The number of benzene rings is 1. The first-order valence-electron chi connectivity index (χ1n) is 11.2. The molecule has 7 heteroatoms. The molecule has 3 aliphatic rings. The Morgan fingerprint density at radius 3 is 3.09 bits per heavy atom. The quantitative estimate of drug-likeness (QED) is 0.637. The number of anilines is 1. The van der Waals surface area contributed by atoms with Gasteiger partial charge in [0.2, 0.25) is 0 Å². The van der Waals surface area contributed by atoms with E-state index in [1.54, 1.807) is 7.11 Å². The zero-order valence-electron chi connectivity index (χ0n) is 18.2. The lowest BCUT2D eigenvalue weighted by Crippen LogP contribution is -2.53. The van der Waals surface area contributed by atoms with E-state index >= 15 is 0 Å². The molecule has 1 aromatic carbocycles. The molecule has 0 bridgehead atoms. The Balaban J connectivity index is 1.38. The van der Waals surface area contributed by atoms with Crippen LogP contribution in [0.25, 0.3) is 5.82 Å². The second-order valence-electron chi connectivity index (χ2n) is 8.68. The van der Waals surface area contributed by atoms with E-state index in [2.05, 4.69) is 38.8 Å². The van der Waals surface area contributed by atoms with Crippen LogP contribution in [0.1, 0.15) is 28.0 Å². The minimum atomic E-state index is -0.312. The maximum atomic E-state index is 13.5. The number of aromatic nitrogens is 2. The summed E-state index contributed by atoms with van der Waals surface area (Å²) in [5, 5.41) is 0. The number of ether oxygens (including phenoxy) is 2. The van der Waals surface area contributed by atoms with Crippen LogP contribution in [0.4, 0.5) is 5.69 Å². The smallest absolute Gasteiger partial charge is 0.253 e. The van der Waals surface area contributed by atoms with Crippen molar-refractivity contribution in [2.24, 2.45) is 0 Å². The van der Waals surface area contributed by atoms with Crippen LogP contribution in [-0.2, 0) is 16.7 Å². The van der Waals surface area contributed by atoms with Gasteiger partial charge >= 0.3 is 0 Å². The van der Waals surface area contributed by atoms with Crippen molar-refractivity contribution in [2.45, 2.75) is 18.4 Å². The number of hydrogen-bond acceptors (Lipinski definition) is 5. The van der Waals surface area contributed by atoms with E-state index in [0.717, 1.165) is 47.8 Å². The number of amides is 1. The fraction of sp³-hybridized carbons (Fsp3) is 0.360. The molecule has 0 aliphatic carbocycles. The number of pyridine rings is 1. The second-order valence-corrected chi connectivity index (χ2v) is 8.68. The highest BCUT2D eigenvalue weighted by Crippen LogP contribution is 2.47. The average Bonchev–Trinajstić information content (AvgIpc) is 3.58. The third kappa shape index (κ3) is 2.77. The highest BCUT2D eigenvalue weighted by atomic mass is 16.5. The van der Waals surface area contributed by atoms with Gasteiger partial charge < -0.3 is 23.8 Å². The number of nitrogens with zero attached hydrogens (tertiary/aromatic N) is 4. The summed E-state index contributed by atoms with van der Waals surface area (Å²) in [5.41, 5.74) is 3.81. The molecule has 0 radical (unpaired) electrons. The number of carbonyl (C=O) groups is 1. The Bertz CT molecular complexity index is 1190.